The first kappa shape index (κ1) is 15.0. The number of hydrogen-bond acceptors (Lipinski definition) is 5. The molecule has 6 heteroatoms. The number of H-pyrrole nitrogens is 1. The minimum Gasteiger partial charge on any atom is -0.360 e. The number of nitrogens with one attached hydrogen (secondary N) is 2. The second kappa shape index (κ2) is 6.04. The summed E-state index contributed by atoms with van der Waals surface area (Å²) in [6, 6.07) is 0.0688. The van der Waals surface area contributed by atoms with Crippen molar-refractivity contribution in [3.8, 4) is 0 Å². The Morgan fingerprint density at radius 3 is 2.77 bits per heavy atom. The molecule has 0 amide bonds. The highest BCUT2D eigenvalue weighted by Crippen LogP contribution is 2.32. The van der Waals surface area contributed by atoms with Gasteiger partial charge >= 0.3 is 0 Å². The van der Waals surface area contributed by atoms with Crippen molar-refractivity contribution in [2.24, 2.45) is 5.92 Å². The van der Waals surface area contributed by atoms with Crippen LogP contribution in [0.1, 0.15) is 44.0 Å². The summed E-state index contributed by atoms with van der Waals surface area (Å²) in [6.07, 6.45) is 4.64. The van der Waals surface area contributed by atoms with Crippen LogP contribution in [-0.4, -0.2) is 19.9 Å². The van der Waals surface area contributed by atoms with Crippen LogP contribution in [0.15, 0.2) is 17.8 Å². The summed E-state index contributed by atoms with van der Waals surface area (Å²) >= 11 is 1.69. The molecule has 3 aromatic heterocycles. The van der Waals surface area contributed by atoms with Crippen molar-refractivity contribution in [3.05, 3.63) is 35.0 Å². The number of aromatic amines is 1. The van der Waals surface area contributed by atoms with Gasteiger partial charge in [-0.15, -0.1) is 11.3 Å². The lowest BCUT2D eigenvalue weighted by Crippen LogP contribution is -2.11. The van der Waals surface area contributed by atoms with E-state index in [-0.39, 0.29) is 6.04 Å². The quantitative estimate of drug-likeness (QED) is 0.744. The number of aryl methyl sites for hydroxylation is 1. The van der Waals surface area contributed by atoms with Crippen LogP contribution in [0.25, 0.3) is 10.2 Å². The standard InChI is InChI=1S/C16H21N5S/c1-9(2)7-12-8-22-16-13(12)15(20-11(4)21-16)19-10(3)14-17-5-6-18-14/h5-6,8-10H,7H2,1-4H3,(H,17,18)(H,19,20,21). The van der Waals surface area contributed by atoms with Gasteiger partial charge in [0.2, 0.25) is 0 Å². The lowest BCUT2D eigenvalue weighted by molar-refractivity contribution is 0.651. The van der Waals surface area contributed by atoms with Crippen LogP contribution >= 0.6 is 11.3 Å². The molecule has 116 valence electrons. The number of hydrogen-bond donors (Lipinski definition) is 2. The Balaban J connectivity index is 2.01. The number of rotatable bonds is 5. The molecular formula is C16H21N5S. The summed E-state index contributed by atoms with van der Waals surface area (Å²) < 4.78 is 0. The molecule has 0 aromatic carbocycles. The van der Waals surface area contributed by atoms with Crippen LogP contribution in [0.3, 0.4) is 0 Å². The minimum atomic E-state index is 0.0688. The largest absolute Gasteiger partial charge is 0.360 e. The lowest BCUT2D eigenvalue weighted by Gasteiger charge is -2.14. The summed E-state index contributed by atoms with van der Waals surface area (Å²) in [5.41, 5.74) is 1.32. The van der Waals surface area contributed by atoms with Crippen LogP contribution < -0.4 is 5.32 Å². The average Bonchev–Trinajstić information content (AvgIpc) is 3.08. The average molecular weight is 315 g/mol. The van der Waals surface area contributed by atoms with E-state index in [0.717, 1.165) is 34.1 Å². The third kappa shape index (κ3) is 2.97. The normalized spacial score (nSPS) is 13.0. The monoisotopic (exact) mass is 315 g/mol. The molecule has 0 aliphatic heterocycles. The smallest absolute Gasteiger partial charge is 0.139 e. The van der Waals surface area contributed by atoms with Gasteiger partial charge in [0.1, 0.15) is 22.3 Å². The van der Waals surface area contributed by atoms with E-state index in [4.69, 9.17) is 0 Å². The third-order valence-corrected chi connectivity index (χ3v) is 4.45. The van der Waals surface area contributed by atoms with Gasteiger partial charge in [-0.1, -0.05) is 13.8 Å². The first-order chi connectivity index (χ1) is 10.5. The maximum Gasteiger partial charge on any atom is 0.139 e. The first-order valence-corrected chi connectivity index (χ1v) is 8.43. The molecule has 3 rings (SSSR count). The molecule has 22 heavy (non-hydrogen) atoms. The van der Waals surface area contributed by atoms with Gasteiger partial charge in [-0.25, -0.2) is 15.0 Å². The molecule has 1 unspecified atom stereocenters. The number of thiophene rings is 1. The van der Waals surface area contributed by atoms with Crippen molar-refractivity contribution in [3.63, 3.8) is 0 Å². The lowest BCUT2D eigenvalue weighted by atomic mass is 10.0. The first-order valence-electron chi connectivity index (χ1n) is 7.55. The summed E-state index contributed by atoms with van der Waals surface area (Å²) in [5.74, 6) is 3.21. The fraction of sp³-hybridized carbons (Fsp3) is 0.438. The van der Waals surface area contributed by atoms with Gasteiger partial charge in [0, 0.05) is 12.4 Å². The maximum atomic E-state index is 4.63. The van der Waals surface area contributed by atoms with E-state index in [1.54, 1.807) is 17.5 Å². The molecule has 0 aliphatic carbocycles. The number of nitrogens with zero attached hydrogens (tertiary/aromatic N) is 3. The van der Waals surface area contributed by atoms with Crippen molar-refractivity contribution >= 4 is 27.4 Å². The van der Waals surface area contributed by atoms with E-state index in [1.165, 1.54) is 5.56 Å². The fourth-order valence-corrected chi connectivity index (χ4v) is 3.59. The summed E-state index contributed by atoms with van der Waals surface area (Å²) in [5, 5.41) is 6.85. The topological polar surface area (TPSA) is 66.5 Å². The molecular weight excluding hydrogens is 294 g/mol. The molecule has 2 N–H and O–H groups in total. The molecule has 0 aliphatic rings. The SMILES string of the molecule is Cc1nc(NC(C)c2ncc[nH]2)c2c(CC(C)C)csc2n1. The molecule has 0 radical (unpaired) electrons. The van der Waals surface area contributed by atoms with E-state index in [1.807, 2.05) is 13.1 Å². The van der Waals surface area contributed by atoms with Gasteiger partial charge in [-0.05, 0) is 37.1 Å². The van der Waals surface area contributed by atoms with Gasteiger partial charge in [-0.2, -0.15) is 0 Å². The molecule has 3 heterocycles. The van der Waals surface area contributed by atoms with E-state index in [9.17, 15) is 0 Å². The number of fused-ring (bicyclic) bond motifs is 1. The van der Waals surface area contributed by atoms with Crippen molar-refractivity contribution in [2.75, 3.05) is 5.32 Å². The van der Waals surface area contributed by atoms with E-state index < -0.39 is 0 Å². The molecule has 0 spiro atoms. The van der Waals surface area contributed by atoms with Crippen molar-refractivity contribution in [1.82, 2.24) is 19.9 Å². The highest BCUT2D eigenvalue weighted by atomic mass is 32.1. The predicted octanol–water partition coefficient (Wildman–Crippen LogP) is 4.09. The Kier molecular flexibility index (Phi) is 4.11. The molecule has 0 saturated carbocycles. The van der Waals surface area contributed by atoms with Crippen LogP contribution in [0.5, 0.6) is 0 Å². The number of imidazole rings is 1. The second-order valence-corrected chi connectivity index (χ2v) is 6.86. The Morgan fingerprint density at radius 2 is 2.09 bits per heavy atom. The van der Waals surface area contributed by atoms with Crippen molar-refractivity contribution in [2.45, 2.75) is 40.2 Å². The van der Waals surface area contributed by atoms with Gasteiger partial charge in [0.25, 0.3) is 0 Å². The number of anilines is 1. The molecule has 5 nitrogen and oxygen atoms in total. The maximum absolute atomic E-state index is 4.63. The second-order valence-electron chi connectivity index (χ2n) is 6.00. The highest BCUT2D eigenvalue weighted by Gasteiger charge is 2.16. The van der Waals surface area contributed by atoms with Gasteiger partial charge in [0.05, 0.1) is 11.4 Å². The third-order valence-electron chi connectivity index (χ3n) is 3.53. The van der Waals surface area contributed by atoms with Crippen molar-refractivity contribution < 1.29 is 0 Å². The molecule has 0 bridgehead atoms. The zero-order valence-corrected chi connectivity index (χ0v) is 14.2. The van der Waals surface area contributed by atoms with Crippen LogP contribution in [-0.2, 0) is 6.42 Å². The van der Waals surface area contributed by atoms with E-state index in [0.29, 0.717) is 5.92 Å². The number of aromatic nitrogens is 4. The van der Waals surface area contributed by atoms with Crippen LogP contribution in [0, 0.1) is 12.8 Å². The summed E-state index contributed by atoms with van der Waals surface area (Å²) in [6.45, 7) is 8.48. The Hall–Kier alpha value is -1.95. The van der Waals surface area contributed by atoms with E-state index in [2.05, 4.69) is 51.4 Å². The molecule has 3 aromatic rings. The Labute approximate surface area is 134 Å². The van der Waals surface area contributed by atoms with Crippen molar-refractivity contribution in [1.29, 1.82) is 0 Å². The Bertz CT molecular complexity index is 760. The van der Waals surface area contributed by atoms with Crippen LogP contribution in [0.4, 0.5) is 5.82 Å². The molecule has 0 fully saturated rings. The zero-order chi connectivity index (χ0) is 15.7. The fourth-order valence-electron chi connectivity index (χ4n) is 2.59. The molecule has 1 atom stereocenters. The molecule has 0 saturated heterocycles. The minimum absolute atomic E-state index is 0.0688. The zero-order valence-electron chi connectivity index (χ0n) is 13.3. The summed E-state index contributed by atoms with van der Waals surface area (Å²) in [4.78, 5) is 17.7. The predicted molar refractivity (Wildman–Crippen MR) is 91.3 cm³/mol. The van der Waals surface area contributed by atoms with Crippen LogP contribution in [0.2, 0.25) is 0 Å². The van der Waals surface area contributed by atoms with Gasteiger partial charge < -0.3 is 10.3 Å². The van der Waals surface area contributed by atoms with E-state index >= 15 is 0 Å². The van der Waals surface area contributed by atoms with Gasteiger partial charge in [0.15, 0.2) is 0 Å². The van der Waals surface area contributed by atoms with Gasteiger partial charge in [-0.3, -0.25) is 0 Å². The highest BCUT2D eigenvalue weighted by molar-refractivity contribution is 7.17. The Morgan fingerprint density at radius 1 is 1.27 bits per heavy atom. The summed E-state index contributed by atoms with van der Waals surface area (Å²) in [7, 11) is 0.